The summed E-state index contributed by atoms with van der Waals surface area (Å²) in [6, 6.07) is 0.147. The summed E-state index contributed by atoms with van der Waals surface area (Å²) in [4.78, 5) is 1.56. The highest BCUT2D eigenvalue weighted by atomic mass is 79.9. The van der Waals surface area contributed by atoms with Crippen molar-refractivity contribution < 1.29 is 13.2 Å². The van der Waals surface area contributed by atoms with E-state index in [2.05, 4.69) is 15.9 Å². The molecule has 1 aliphatic carbocycles. The van der Waals surface area contributed by atoms with Crippen molar-refractivity contribution in [1.29, 1.82) is 0 Å². The number of hydrogen-bond acceptors (Lipinski definition) is 1. The van der Waals surface area contributed by atoms with E-state index >= 15 is 0 Å². The van der Waals surface area contributed by atoms with Crippen LogP contribution >= 0.6 is 15.9 Å². The maximum absolute atomic E-state index is 12.2. The molecule has 0 aliphatic heterocycles. The average molecular weight is 274 g/mol. The van der Waals surface area contributed by atoms with Gasteiger partial charge in [-0.15, -0.1) is 0 Å². The van der Waals surface area contributed by atoms with E-state index in [0.717, 1.165) is 25.7 Å². The average Bonchev–Trinajstić information content (AvgIpc) is 2.52. The Hall–Kier alpha value is 0.230. The lowest BCUT2D eigenvalue weighted by molar-refractivity contribution is -0.149. The number of alkyl halides is 4. The van der Waals surface area contributed by atoms with E-state index in [-0.39, 0.29) is 6.04 Å². The Bertz CT molecular complexity index is 166. The van der Waals surface area contributed by atoms with Crippen LogP contribution in [0.3, 0.4) is 0 Å². The van der Waals surface area contributed by atoms with Crippen LogP contribution in [0.5, 0.6) is 0 Å². The van der Waals surface area contributed by atoms with E-state index in [1.807, 2.05) is 0 Å². The smallest absolute Gasteiger partial charge is 0.291 e. The summed E-state index contributed by atoms with van der Waals surface area (Å²) < 4.78 is 36.7. The lowest BCUT2D eigenvalue weighted by atomic mass is 10.2. The normalized spacial score (nSPS) is 19.5. The fourth-order valence-corrected chi connectivity index (χ4v) is 2.45. The van der Waals surface area contributed by atoms with Gasteiger partial charge < -0.3 is 0 Å². The van der Waals surface area contributed by atoms with Gasteiger partial charge in [-0.3, -0.25) is 4.90 Å². The molecule has 84 valence electrons. The lowest BCUT2D eigenvalue weighted by Gasteiger charge is -2.28. The van der Waals surface area contributed by atoms with E-state index in [1.165, 1.54) is 0 Å². The molecule has 0 aromatic heterocycles. The van der Waals surface area contributed by atoms with Gasteiger partial charge in [-0.1, -0.05) is 28.8 Å². The van der Waals surface area contributed by atoms with Crippen molar-refractivity contribution in [3.63, 3.8) is 0 Å². The summed E-state index contributed by atoms with van der Waals surface area (Å²) >= 11 is 3.20. The minimum absolute atomic E-state index is 0.147. The molecule has 5 heteroatoms. The van der Waals surface area contributed by atoms with E-state index < -0.39 is 12.7 Å². The van der Waals surface area contributed by atoms with Crippen molar-refractivity contribution in [1.82, 2.24) is 4.90 Å². The Morgan fingerprint density at radius 3 is 2.21 bits per heavy atom. The summed E-state index contributed by atoms with van der Waals surface area (Å²) in [5.41, 5.74) is 0. The molecule has 1 saturated carbocycles. The highest BCUT2D eigenvalue weighted by Gasteiger charge is 2.34. The van der Waals surface area contributed by atoms with Gasteiger partial charge in [-0.05, 0) is 12.8 Å². The number of nitrogens with zero attached hydrogens (tertiary/aromatic N) is 1. The van der Waals surface area contributed by atoms with Gasteiger partial charge in [-0.2, -0.15) is 13.2 Å². The van der Waals surface area contributed by atoms with Crippen LogP contribution in [0.25, 0.3) is 0 Å². The van der Waals surface area contributed by atoms with Crippen LogP contribution in [0.4, 0.5) is 13.2 Å². The minimum atomic E-state index is -4.06. The van der Waals surface area contributed by atoms with Crippen LogP contribution in [0.2, 0.25) is 0 Å². The molecule has 14 heavy (non-hydrogen) atoms. The van der Waals surface area contributed by atoms with Crippen LogP contribution in [-0.4, -0.2) is 35.5 Å². The molecule has 1 fully saturated rings. The molecule has 1 rings (SSSR count). The highest BCUT2D eigenvalue weighted by molar-refractivity contribution is 9.09. The molecule has 1 aliphatic rings. The van der Waals surface area contributed by atoms with Crippen LogP contribution in [-0.2, 0) is 0 Å². The molecule has 0 N–H and O–H groups in total. The molecule has 0 unspecified atom stereocenters. The van der Waals surface area contributed by atoms with Gasteiger partial charge in [-0.25, -0.2) is 0 Å². The summed E-state index contributed by atoms with van der Waals surface area (Å²) in [7, 11) is 0. The zero-order chi connectivity index (χ0) is 10.6. The fraction of sp³-hybridized carbons (Fsp3) is 1.00. The molecule has 0 amide bonds. The Labute approximate surface area is 90.8 Å². The largest absolute Gasteiger partial charge is 0.401 e. The molecular formula is C9H15BrF3N. The second kappa shape index (κ2) is 5.35. The van der Waals surface area contributed by atoms with E-state index in [1.54, 1.807) is 4.90 Å². The molecule has 0 spiro atoms. The van der Waals surface area contributed by atoms with Crippen molar-refractivity contribution in [2.45, 2.75) is 37.9 Å². The van der Waals surface area contributed by atoms with Crippen molar-refractivity contribution >= 4 is 15.9 Å². The third kappa shape index (κ3) is 4.17. The maximum atomic E-state index is 12.2. The first kappa shape index (κ1) is 12.3. The molecule has 0 radical (unpaired) electrons. The number of rotatable bonds is 4. The van der Waals surface area contributed by atoms with Crippen LogP contribution in [0, 0.1) is 0 Å². The number of hydrogen-bond donors (Lipinski definition) is 0. The second-order valence-corrected chi connectivity index (χ2v) is 4.51. The van der Waals surface area contributed by atoms with Crippen LogP contribution in [0.15, 0.2) is 0 Å². The molecule has 0 heterocycles. The van der Waals surface area contributed by atoms with E-state index in [4.69, 9.17) is 0 Å². The third-order valence-corrected chi connectivity index (χ3v) is 2.95. The van der Waals surface area contributed by atoms with Crippen molar-refractivity contribution in [2.24, 2.45) is 0 Å². The molecule has 1 nitrogen and oxygen atoms in total. The highest BCUT2D eigenvalue weighted by Crippen LogP contribution is 2.26. The van der Waals surface area contributed by atoms with Gasteiger partial charge in [0.15, 0.2) is 0 Å². The predicted octanol–water partition coefficient (Wildman–Crippen LogP) is 3.19. The molecule has 0 aromatic carbocycles. The van der Waals surface area contributed by atoms with E-state index in [9.17, 15) is 13.2 Å². The standard InChI is InChI=1S/C9H15BrF3N/c10-5-6-14(7-9(11,12)13)8-3-1-2-4-8/h8H,1-7H2. The molecule has 0 atom stereocenters. The first-order chi connectivity index (χ1) is 6.53. The zero-order valence-corrected chi connectivity index (χ0v) is 9.57. The zero-order valence-electron chi connectivity index (χ0n) is 7.99. The predicted molar refractivity (Wildman–Crippen MR) is 53.7 cm³/mol. The Morgan fingerprint density at radius 2 is 1.79 bits per heavy atom. The van der Waals surface area contributed by atoms with Gasteiger partial charge in [0.05, 0.1) is 6.54 Å². The third-order valence-electron chi connectivity index (χ3n) is 2.60. The SMILES string of the molecule is FC(F)(F)CN(CCBr)C1CCCC1. The van der Waals surface area contributed by atoms with Gasteiger partial charge in [0.25, 0.3) is 0 Å². The summed E-state index contributed by atoms with van der Waals surface area (Å²) in [5, 5.41) is 0.611. The summed E-state index contributed by atoms with van der Waals surface area (Å²) in [6.07, 6.45) is -0.0838. The molecule has 0 saturated heterocycles. The first-order valence-corrected chi connectivity index (χ1v) is 6.02. The lowest BCUT2D eigenvalue weighted by Crippen LogP contribution is -2.41. The minimum Gasteiger partial charge on any atom is -0.291 e. The van der Waals surface area contributed by atoms with Crippen LogP contribution < -0.4 is 0 Å². The second-order valence-electron chi connectivity index (χ2n) is 3.71. The Morgan fingerprint density at radius 1 is 1.21 bits per heavy atom. The Balaban J connectivity index is 2.45. The molecule has 0 aromatic rings. The van der Waals surface area contributed by atoms with Gasteiger partial charge in [0.2, 0.25) is 0 Å². The van der Waals surface area contributed by atoms with Gasteiger partial charge in [0.1, 0.15) is 0 Å². The van der Waals surface area contributed by atoms with Gasteiger partial charge in [0, 0.05) is 17.9 Å². The first-order valence-electron chi connectivity index (χ1n) is 4.89. The quantitative estimate of drug-likeness (QED) is 0.712. The topological polar surface area (TPSA) is 3.24 Å². The number of halogens is 4. The Kier molecular flexibility index (Phi) is 4.70. The van der Waals surface area contributed by atoms with E-state index in [0.29, 0.717) is 11.9 Å². The van der Waals surface area contributed by atoms with Crippen molar-refractivity contribution in [2.75, 3.05) is 18.4 Å². The molecular weight excluding hydrogens is 259 g/mol. The van der Waals surface area contributed by atoms with Crippen molar-refractivity contribution in [3.8, 4) is 0 Å². The molecule has 0 bridgehead atoms. The van der Waals surface area contributed by atoms with Crippen molar-refractivity contribution in [3.05, 3.63) is 0 Å². The summed E-state index contributed by atoms with van der Waals surface area (Å²) in [5.74, 6) is 0. The van der Waals surface area contributed by atoms with Crippen LogP contribution in [0.1, 0.15) is 25.7 Å². The monoisotopic (exact) mass is 273 g/mol. The maximum Gasteiger partial charge on any atom is 0.401 e. The summed E-state index contributed by atoms with van der Waals surface area (Å²) in [6.45, 7) is -0.270. The van der Waals surface area contributed by atoms with Gasteiger partial charge >= 0.3 is 6.18 Å². The fourth-order valence-electron chi connectivity index (χ4n) is 2.00.